The topological polar surface area (TPSA) is 9.23 Å². The lowest BCUT2D eigenvalue weighted by molar-refractivity contribution is -0.0683. The first-order chi connectivity index (χ1) is 7.06. The summed E-state index contributed by atoms with van der Waals surface area (Å²) >= 11 is 0. The van der Waals surface area contributed by atoms with E-state index in [9.17, 15) is 0 Å². The van der Waals surface area contributed by atoms with Crippen LogP contribution in [0.15, 0.2) is 24.3 Å². The standard InChI is InChI=1S/C14H20O/c1-14(2,3)15-13-10-6-8-11-7-4-5-9-12(11)13/h4-5,7,9,13H,6,8,10H2,1-3H3. The van der Waals surface area contributed by atoms with Crippen molar-refractivity contribution in [2.24, 2.45) is 0 Å². The molecular formula is C14H20O. The Labute approximate surface area is 92.5 Å². The second-order valence-corrected chi connectivity index (χ2v) is 5.31. The Bertz CT molecular complexity index is 335. The molecule has 0 N–H and O–H groups in total. The van der Waals surface area contributed by atoms with E-state index in [4.69, 9.17) is 4.74 Å². The Balaban J connectivity index is 2.22. The van der Waals surface area contributed by atoms with Gasteiger partial charge in [0.2, 0.25) is 0 Å². The molecule has 0 aromatic heterocycles. The normalized spacial score (nSPS) is 21.1. The van der Waals surface area contributed by atoms with Crippen molar-refractivity contribution in [1.29, 1.82) is 0 Å². The molecule has 1 aromatic carbocycles. The number of hydrogen-bond donors (Lipinski definition) is 0. The van der Waals surface area contributed by atoms with Crippen molar-refractivity contribution in [1.82, 2.24) is 0 Å². The fourth-order valence-electron chi connectivity index (χ4n) is 2.26. The van der Waals surface area contributed by atoms with Gasteiger partial charge in [-0.1, -0.05) is 24.3 Å². The van der Waals surface area contributed by atoms with E-state index >= 15 is 0 Å². The third kappa shape index (κ3) is 2.60. The summed E-state index contributed by atoms with van der Waals surface area (Å²) in [6.45, 7) is 6.39. The minimum atomic E-state index is -0.0465. The minimum Gasteiger partial charge on any atom is -0.368 e. The largest absolute Gasteiger partial charge is 0.368 e. The molecule has 82 valence electrons. The summed E-state index contributed by atoms with van der Waals surface area (Å²) in [6, 6.07) is 8.68. The average Bonchev–Trinajstić information content (AvgIpc) is 2.16. The number of rotatable bonds is 1. The zero-order valence-electron chi connectivity index (χ0n) is 9.92. The zero-order chi connectivity index (χ0) is 10.9. The Kier molecular flexibility index (Phi) is 2.83. The highest BCUT2D eigenvalue weighted by Crippen LogP contribution is 2.34. The van der Waals surface area contributed by atoms with Gasteiger partial charge in [-0.3, -0.25) is 0 Å². The van der Waals surface area contributed by atoms with Crippen molar-refractivity contribution in [3.8, 4) is 0 Å². The van der Waals surface area contributed by atoms with Gasteiger partial charge < -0.3 is 4.74 Å². The monoisotopic (exact) mass is 204 g/mol. The van der Waals surface area contributed by atoms with Gasteiger partial charge >= 0.3 is 0 Å². The number of benzene rings is 1. The summed E-state index contributed by atoms with van der Waals surface area (Å²) in [5, 5.41) is 0. The lowest BCUT2D eigenvalue weighted by Crippen LogP contribution is -2.25. The predicted molar refractivity (Wildman–Crippen MR) is 63.0 cm³/mol. The highest BCUT2D eigenvalue weighted by molar-refractivity contribution is 5.31. The Morgan fingerprint density at radius 1 is 1.20 bits per heavy atom. The molecule has 0 saturated heterocycles. The fraction of sp³-hybridized carbons (Fsp3) is 0.571. The maximum absolute atomic E-state index is 6.11. The first kappa shape index (κ1) is 10.7. The molecule has 0 fully saturated rings. The molecule has 0 spiro atoms. The zero-order valence-corrected chi connectivity index (χ0v) is 9.92. The number of fused-ring (bicyclic) bond motifs is 1. The van der Waals surface area contributed by atoms with Gasteiger partial charge in [-0.25, -0.2) is 0 Å². The van der Waals surface area contributed by atoms with Crippen molar-refractivity contribution < 1.29 is 4.74 Å². The van der Waals surface area contributed by atoms with E-state index in [1.54, 1.807) is 0 Å². The Hall–Kier alpha value is -0.820. The van der Waals surface area contributed by atoms with Gasteiger partial charge in [0.1, 0.15) is 0 Å². The third-order valence-electron chi connectivity index (χ3n) is 2.81. The molecule has 0 amide bonds. The molecule has 2 rings (SSSR count). The van der Waals surface area contributed by atoms with E-state index in [-0.39, 0.29) is 5.60 Å². The molecule has 1 nitrogen and oxygen atoms in total. The van der Waals surface area contributed by atoms with Crippen molar-refractivity contribution in [2.45, 2.75) is 51.7 Å². The van der Waals surface area contributed by atoms with Crippen LogP contribution in [0.1, 0.15) is 50.8 Å². The fourth-order valence-corrected chi connectivity index (χ4v) is 2.26. The van der Waals surface area contributed by atoms with E-state index in [1.807, 2.05) is 0 Å². The number of aryl methyl sites for hydroxylation is 1. The quantitative estimate of drug-likeness (QED) is 0.674. The molecule has 0 heterocycles. The van der Waals surface area contributed by atoms with Gasteiger partial charge in [0.05, 0.1) is 11.7 Å². The first-order valence-electron chi connectivity index (χ1n) is 5.82. The molecule has 0 saturated carbocycles. The summed E-state index contributed by atoms with van der Waals surface area (Å²) in [7, 11) is 0. The molecule has 0 bridgehead atoms. The third-order valence-corrected chi connectivity index (χ3v) is 2.81. The van der Waals surface area contributed by atoms with Crippen molar-refractivity contribution in [3.05, 3.63) is 35.4 Å². The van der Waals surface area contributed by atoms with Crippen LogP contribution >= 0.6 is 0 Å². The second-order valence-electron chi connectivity index (χ2n) is 5.31. The predicted octanol–water partition coefficient (Wildman–Crippen LogP) is 3.88. The summed E-state index contributed by atoms with van der Waals surface area (Å²) in [4.78, 5) is 0. The van der Waals surface area contributed by atoms with Crippen LogP contribution in [0.25, 0.3) is 0 Å². The lowest BCUT2D eigenvalue weighted by Gasteiger charge is -2.32. The van der Waals surface area contributed by atoms with E-state index in [1.165, 1.54) is 24.0 Å². The smallest absolute Gasteiger partial charge is 0.0834 e. The SMILES string of the molecule is CC(C)(C)OC1CCCc2ccccc21. The summed E-state index contributed by atoms with van der Waals surface area (Å²) in [5.74, 6) is 0. The molecule has 1 heteroatoms. The van der Waals surface area contributed by atoms with E-state index in [0.29, 0.717) is 6.10 Å². The van der Waals surface area contributed by atoms with Crippen molar-refractivity contribution in [2.75, 3.05) is 0 Å². The maximum Gasteiger partial charge on any atom is 0.0834 e. The van der Waals surface area contributed by atoms with E-state index in [2.05, 4.69) is 45.0 Å². The Morgan fingerprint density at radius 3 is 2.67 bits per heavy atom. The van der Waals surface area contributed by atoms with Gasteiger partial charge in [-0.2, -0.15) is 0 Å². The minimum absolute atomic E-state index is 0.0465. The van der Waals surface area contributed by atoms with Gasteiger partial charge in [0.25, 0.3) is 0 Å². The molecule has 1 aliphatic carbocycles. The highest BCUT2D eigenvalue weighted by Gasteiger charge is 2.24. The maximum atomic E-state index is 6.11. The van der Waals surface area contributed by atoms with E-state index in [0.717, 1.165) is 6.42 Å². The summed E-state index contributed by atoms with van der Waals surface area (Å²) in [6.07, 6.45) is 3.92. The van der Waals surface area contributed by atoms with Crippen LogP contribution in [0.2, 0.25) is 0 Å². The van der Waals surface area contributed by atoms with Gasteiger partial charge in [0, 0.05) is 0 Å². The molecule has 1 unspecified atom stereocenters. The lowest BCUT2D eigenvalue weighted by atomic mass is 9.89. The molecule has 15 heavy (non-hydrogen) atoms. The van der Waals surface area contributed by atoms with Crippen molar-refractivity contribution >= 4 is 0 Å². The van der Waals surface area contributed by atoms with Crippen LogP contribution in [0, 0.1) is 0 Å². The summed E-state index contributed by atoms with van der Waals surface area (Å²) < 4.78 is 6.11. The van der Waals surface area contributed by atoms with Crippen LogP contribution in [-0.4, -0.2) is 5.60 Å². The Morgan fingerprint density at radius 2 is 1.93 bits per heavy atom. The number of hydrogen-bond acceptors (Lipinski definition) is 1. The number of ether oxygens (including phenoxy) is 1. The van der Waals surface area contributed by atoms with Gasteiger partial charge in [-0.15, -0.1) is 0 Å². The van der Waals surface area contributed by atoms with Crippen LogP contribution in [-0.2, 0) is 11.2 Å². The van der Waals surface area contributed by atoms with Gasteiger partial charge in [-0.05, 0) is 51.2 Å². The van der Waals surface area contributed by atoms with Crippen molar-refractivity contribution in [3.63, 3.8) is 0 Å². The van der Waals surface area contributed by atoms with Crippen LogP contribution in [0.5, 0.6) is 0 Å². The molecule has 1 aromatic rings. The van der Waals surface area contributed by atoms with Crippen LogP contribution in [0.3, 0.4) is 0 Å². The van der Waals surface area contributed by atoms with Gasteiger partial charge in [0.15, 0.2) is 0 Å². The first-order valence-corrected chi connectivity index (χ1v) is 5.82. The molecule has 1 aliphatic rings. The molecular weight excluding hydrogens is 184 g/mol. The average molecular weight is 204 g/mol. The molecule has 1 atom stereocenters. The highest BCUT2D eigenvalue weighted by atomic mass is 16.5. The van der Waals surface area contributed by atoms with Crippen LogP contribution in [0.4, 0.5) is 0 Å². The second kappa shape index (κ2) is 3.97. The molecule has 0 aliphatic heterocycles. The van der Waals surface area contributed by atoms with Crippen LogP contribution < -0.4 is 0 Å². The van der Waals surface area contributed by atoms with E-state index < -0.39 is 0 Å². The molecule has 0 radical (unpaired) electrons. The summed E-state index contributed by atoms with van der Waals surface area (Å²) in [5.41, 5.74) is 2.83.